The summed E-state index contributed by atoms with van der Waals surface area (Å²) in [7, 11) is 2.65. The van der Waals surface area contributed by atoms with E-state index in [1.807, 2.05) is 0 Å². The van der Waals surface area contributed by atoms with Crippen LogP contribution in [-0.2, 0) is 4.74 Å². The average molecular weight is 292 g/mol. The first-order valence-electron chi connectivity index (χ1n) is 5.77. The molecule has 2 rings (SSSR count). The van der Waals surface area contributed by atoms with Crippen LogP contribution in [0, 0.1) is 0 Å². The molecular weight excluding hydrogens is 280 g/mol. The van der Waals surface area contributed by atoms with Crippen molar-refractivity contribution in [1.29, 1.82) is 0 Å². The molecule has 0 aliphatic heterocycles. The molecule has 110 valence electrons. The highest BCUT2D eigenvalue weighted by molar-refractivity contribution is 6.07. The first-order valence-corrected chi connectivity index (χ1v) is 5.77. The molecule has 8 nitrogen and oxygen atoms in total. The molecule has 21 heavy (non-hydrogen) atoms. The smallest absolute Gasteiger partial charge is 0.363 e. The molecule has 8 heteroatoms. The lowest BCUT2D eigenvalue weighted by Crippen LogP contribution is -2.11. The Bertz CT molecular complexity index is 765. The van der Waals surface area contributed by atoms with Crippen LogP contribution in [0.25, 0.3) is 11.0 Å². The first-order chi connectivity index (χ1) is 10.1. The van der Waals surface area contributed by atoms with Crippen molar-refractivity contribution in [2.24, 2.45) is 4.99 Å². The minimum Gasteiger partial charge on any atom is -0.497 e. The second-order valence-electron chi connectivity index (χ2n) is 3.85. The zero-order valence-electron chi connectivity index (χ0n) is 11.2. The van der Waals surface area contributed by atoms with Gasteiger partial charge in [-0.3, -0.25) is 10.7 Å². The van der Waals surface area contributed by atoms with Crippen molar-refractivity contribution in [2.45, 2.75) is 0 Å². The van der Waals surface area contributed by atoms with Gasteiger partial charge in [0.1, 0.15) is 23.2 Å². The van der Waals surface area contributed by atoms with E-state index < -0.39 is 11.6 Å². The monoisotopic (exact) mass is 292 g/mol. The predicted octanol–water partition coefficient (Wildman–Crippen LogP) is 1.23. The van der Waals surface area contributed by atoms with Gasteiger partial charge in [0.05, 0.1) is 14.2 Å². The van der Waals surface area contributed by atoms with Crippen LogP contribution >= 0.6 is 0 Å². The van der Waals surface area contributed by atoms with Crippen molar-refractivity contribution in [3.8, 4) is 5.75 Å². The summed E-state index contributed by atoms with van der Waals surface area (Å²) in [6.45, 7) is 0. The van der Waals surface area contributed by atoms with Crippen LogP contribution in [0.2, 0.25) is 0 Å². The number of aliphatic imine (C=N–C) groups is 1. The van der Waals surface area contributed by atoms with Gasteiger partial charge in [0.2, 0.25) is 0 Å². The SMILES string of the molecule is COC(=O)c1c(N=CNO)c(=O)oc2ccc(OC)cc12. The molecule has 0 aliphatic rings. The largest absolute Gasteiger partial charge is 0.497 e. The van der Waals surface area contributed by atoms with Gasteiger partial charge in [-0.25, -0.2) is 14.6 Å². The van der Waals surface area contributed by atoms with Gasteiger partial charge in [0.25, 0.3) is 0 Å². The van der Waals surface area contributed by atoms with Gasteiger partial charge >= 0.3 is 11.6 Å². The summed E-state index contributed by atoms with van der Waals surface area (Å²) in [5, 5.41) is 8.84. The molecule has 2 aromatic rings. The number of carbonyl (C=O) groups is 1. The van der Waals surface area contributed by atoms with Crippen molar-refractivity contribution >= 4 is 29.0 Å². The second kappa shape index (κ2) is 6.06. The normalized spacial score (nSPS) is 10.8. The lowest BCUT2D eigenvalue weighted by atomic mass is 10.1. The maximum atomic E-state index is 12.0. The summed E-state index contributed by atoms with van der Waals surface area (Å²) in [4.78, 5) is 27.5. The fourth-order valence-electron chi connectivity index (χ4n) is 1.82. The van der Waals surface area contributed by atoms with Crippen LogP contribution in [0.1, 0.15) is 10.4 Å². The highest BCUT2D eigenvalue weighted by Gasteiger charge is 2.21. The summed E-state index contributed by atoms with van der Waals surface area (Å²) in [5.41, 5.74) is 0.645. The van der Waals surface area contributed by atoms with E-state index in [0.717, 1.165) is 6.34 Å². The Hall–Kier alpha value is -2.87. The molecule has 0 radical (unpaired) electrons. The zero-order valence-corrected chi connectivity index (χ0v) is 11.2. The Morgan fingerprint density at radius 1 is 1.43 bits per heavy atom. The van der Waals surface area contributed by atoms with Gasteiger partial charge in [-0.1, -0.05) is 0 Å². The number of benzene rings is 1. The molecule has 1 aromatic heterocycles. The van der Waals surface area contributed by atoms with Gasteiger partial charge in [-0.2, -0.15) is 0 Å². The van der Waals surface area contributed by atoms with E-state index in [9.17, 15) is 9.59 Å². The highest BCUT2D eigenvalue weighted by Crippen LogP contribution is 2.28. The number of hydrogen-bond acceptors (Lipinski definition) is 7. The molecule has 0 fully saturated rings. The van der Waals surface area contributed by atoms with Gasteiger partial charge in [0.15, 0.2) is 5.69 Å². The number of nitrogens with zero attached hydrogens (tertiary/aromatic N) is 1. The maximum Gasteiger partial charge on any atom is 0.363 e. The Morgan fingerprint density at radius 2 is 2.19 bits per heavy atom. The first kappa shape index (κ1) is 14.5. The van der Waals surface area contributed by atoms with E-state index in [1.54, 1.807) is 11.5 Å². The molecule has 0 aliphatic carbocycles. The van der Waals surface area contributed by atoms with Crippen molar-refractivity contribution < 1.29 is 23.9 Å². The molecule has 1 aromatic carbocycles. The lowest BCUT2D eigenvalue weighted by Gasteiger charge is -2.08. The van der Waals surface area contributed by atoms with E-state index >= 15 is 0 Å². The zero-order chi connectivity index (χ0) is 15.4. The van der Waals surface area contributed by atoms with E-state index in [4.69, 9.17) is 14.4 Å². The molecule has 0 saturated carbocycles. The molecule has 2 N–H and O–H groups in total. The average Bonchev–Trinajstić information content (AvgIpc) is 2.51. The third kappa shape index (κ3) is 2.70. The van der Waals surface area contributed by atoms with Crippen LogP contribution in [-0.4, -0.2) is 31.7 Å². The third-order valence-electron chi connectivity index (χ3n) is 2.73. The van der Waals surface area contributed by atoms with E-state index in [0.29, 0.717) is 11.1 Å². The van der Waals surface area contributed by atoms with Crippen molar-refractivity contribution in [3.63, 3.8) is 0 Å². The Balaban J connectivity index is 2.87. The number of methoxy groups -OCH3 is 2. The summed E-state index contributed by atoms with van der Waals surface area (Å²) >= 11 is 0. The van der Waals surface area contributed by atoms with Gasteiger partial charge in [-0.05, 0) is 18.2 Å². The molecule has 0 atom stereocenters. The molecule has 0 saturated heterocycles. The van der Waals surface area contributed by atoms with E-state index in [2.05, 4.69) is 9.73 Å². The fourth-order valence-corrected chi connectivity index (χ4v) is 1.82. The van der Waals surface area contributed by atoms with Gasteiger partial charge in [-0.15, -0.1) is 0 Å². The number of esters is 1. The Kier molecular flexibility index (Phi) is 4.19. The summed E-state index contributed by atoms with van der Waals surface area (Å²) in [6.07, 6.45) is 0.838. The second-order valence-corrected chi connectivity index (χ2v) is 3.85. The number of fused-ring (bicyclic) bond motifs is 1. The lowest BCUT2D eigenvalue weighted by molar-refractivity contribution is 0.0603. The van der Waals surface area contributed by atoms with E-state index in [1.165, 1.54) is 26.4 Å². The molecule has 0 amide bonds. The number of rotatable bonds is 4. The highest BCUT2D eigenvalue weighted by atomic mass is 16.5. The predicted molar refractivity (Wildman–Crippen MR) is 73.4 cm³/mol. The van der Waals surface area contributed by atoms with Crippen LogP contribution < -0.4 is 15.8 Å². The number of carbonyl (C=O) groups excluding carboxylic acids is 1. The number of hydrogen-bond donors (Lipinski definition) is 2. The third-order valence-corrected chi connectivity index (χ3v) is 2.73. The molecule has 1 heterocycles. The Morgan fingerprint density at radius 3 is 2.81 bits per heavy atom. The number of ether oxygens (including phenoxy) is 2. The molecule has 0 unspecified atom stereocenters. The Labute approximate surface area is 118 Å². The van der Waals surface area contributed by atoms with Crippen molar-refractivity contribution in [2.75, 3.05) is 14.2 Å². The van der Waals surface area contributed by atoms with Crippen molar-refractivity contribution in [3.05, 3.63) is 34.2 Å². The van der Waals surface area contributed by atoms with Crippen LogP contribution in [0.4, 0.5) is 5.69 Å². The van der Waals surface area contributed by atoms with Crippen LogP contribution in [0.5, 0.6) is 5.75 Å². The molecule has 0 spiro atoms. The minimum absolute atomic E-state index is 0.0749. The van der Waals surface area contributed by atoms with Crippen LogP contribution in [0.15, 0.2) is 32.4 Å². The fraction of sp³-hybridized carbons (Fsp3) is 0.154. The number of hydroxylamine groups is 1. The van der Waals surface area contributed by atoms with Gasteiger partial charge in [0, 0.05) is 5.39 Å². The summed E-state index contributed by atoms with van der Waals surface area (Å²) < 4.78 is 14.8. The van der Waals surface area contributed by atoms with Crippen LogP contribution in [0.3, 0.4) is 0 Å². The minimum atomic E-state index is -0.834. The van der Waals surface area contributed by atoms with Gasteiger partial charge < -0.3 is 13.9 Å². The molecular formula is C13H12N2O6. The summed E-state index contributed by atoms with van der Waals surface area (Å²) in [6, 6.07) is 4.61. The summed E-state index contributed by atoms with van der Waals surface area (Å²) in [5.74, 6) is -0.289. The quantitative estimate of drug-likeness (QED) is 0.286. The standard InChI is InChI=1S/C13H12N2O6/c1-19-7-3-4-9-8(5-7)10(12(16)20-2)11(13(17)21-9)14-6-15-18/h3-6,18H,1-2H3,(H,14,15). The number of nitrogens with one attached hydrogen (secondary N) is 1. The molecule has 0 bridgehead atoms. The van der Waals surface area contributed by atoms with Crippen molar-refractivity contribution in [1.82, 2.24) is 5.48 Å². The maximum absolute atomic E-state index is 12.0. The van der Waals surface area contributed by atoms with E-state index in [-0.39, 0.29) is 16.8 Å². The topological polar surface area (TPSA) is 110 Å².